The summed E-state index contributed by atoms with van der Waals surface area (Å²) in [7, 11) is 0. The van der Waals surface area contributed by atoms with Crippen LogP contribution in [-0.4, -0.2) is 43.7 Å². The van der Waals surface area contributed by atoms with Crippen molar-refractivity contribution >= 4 is 35.4 Å². The summed E-state index contributed by atoms with van der Waals surface area (Å²) in [6, 6.07) is 14.7. The Balaban J connectivity index is 1.50. The lowest BCUT2D eigenvalue weighted by atomic mass is 10.0. The first-order chi connectivity index (χ1) is 16.3. The molecule has 0 saturated heterocycles. The molecule has 0 aliphatic carbocycles. The molecule has 1 unspecified atom stereocenters. The second-order valence-corrected chi connectivity index (χ2v) is 8.20. The number of rotatable bonds is 8. The molecule has 2 heterocycles. The second kappa shape index (κ2) is 9.65. The fraction of sp³-hybridized carbons (Fsp3) is 0.250. The Labute approximate surface area is 196 Å². The molecule has 1 atom stereocenters. The molecule has 0 bridgehead atoms. The van der Waals surface area contributed by atoms with Crippen LogP contribution < -0.4 is 11.1 Å². The van der Waals surface area contributed by atoms with Crippen molar-refractivity contribution in [1.82, 2.24) is 19.9 Å². The van der Waals surface area contributed by atoms with E-state index in [1.54, 1.807) is 24.3 Å². The van der Waals surface area contributed by atoms with E-state index in [0.29, 0.717) is 0 Å². The van der Waals surface area contributed by atoms with Crippen molar-refractivity contribution in [3.8, 4) is 0 Å². The van der Waals surface area contributed by atoms with Crippen LogP contribution in [-0.2, 0) is 16.1 Å². The van der Waals surface area contributed by atoms with Gasteiger partial charge in [0.25, 0.3) is 11.8 Å². The number of benzene rings is 2. The summed E-state index contributed by atoms with van der Waals surface area (Å²) in [6.07, 6.45) is 0.254. The number of esters is 1. The summed E-state index contributed by atoms with van der Waals surface area (Å²) in [5.41, 5.74) is 7.09. The second-order valence-electron chi connectivity index (χ2n) is 8.20. The van der Waals surface area contributed by atoms with Crippen molar-refractivity contribution in [3.63, 3.8) is 0 Å². The third-order valence-electron chi connectivity index (χ3n) is 5.18. The number of nitrogens with zero attached hydrogens (tertiary/aromatic N) is 4. The molecular weight excluding hydrogens is 436 g/mol. The molecule has 1 aromatic heterocycles. The number of imide groups is 1. The molecule has 3 aromatic rings. The quantitative estimate of drug-likeness (QED) is 0.383. The molecule has 4 rings (SSSR count). The van der Waals surface area contributed by atoms with Gasteiger partial charge >= 0.3 is 5.97 Å². The number of carbonyl (C=O) groups is 3. The summed E-state index contributed by atoms with van der Waals surface area (Å²) < 4.78 is 5.44. The Morgan fingerprint density at radius 2 is 1.59 bits per heavy atom. The lowest BCUT2D eigenvalue weighted by molar-refractivity contribution is -0.150. The third kappa shape index (κ3) is 4.85. The molecule has 174 valence electrons. The lowest BCUT2D eigenvalue weighted by Gasteiger charge is -2.25. The lowest BCUT2D eigenvalue weighted by Crippen LogP contribution is -2.46. The molecule has 34 heavy (non-hydrogen) atoms. The average molecular weight is 460 g/mol. The van der Waals surface area contributed by atoms with Crippen LogP contribution in [0.15, 0.2) is 54.6 Å². The number of fused-ring (bicyclic) bond motifs is 1. The summed E-state index contributed by atoms with van der Waals surface area (Å²) in [5, 5.41) is 3.01. The van der Waals surface area contributed by atoms with Gasteiger partial charge in [0.2, 0.25) is 11.9 Å². The minimum Gasteiger partial charge on any atom is -0.456 e. The Bertz CT molecular complexity index is 1200. The number of nitrogen functional groups attached to an aromatic ring is 1. The van der Waals surface area contributed by atoms with Crippen LogP contribution in [0, 0.1) is 5.92 Å². The van der Waals surface area contributed by atoms with Gasteiger partial charge in [-0.25, -0.2) is 4.79 Å². The molecule has 2 amide bonds. The van der Waals surface area contributed by atoms with Gasteiger partial charge in [0.15, 0.2) is 12.4 Å². The molecule has 1 aliphatic rings. The van der Waals surface area contributed by atoms with Gasteiger partial charge in [0, 0.05) is 5.69 Å². The van der Waals surface area contributed by atoms with E-state index in [2.05, 4.69) is 20.3 Å². The van der Waals surface area contributed by atoms with E-state index >= 15 is 0 Å². The maximum absolute atomic E-state index is 13.1. The first-order valence-corrected chi connectivity index (χ1v) is 10.8. The van der Waals surface area contributed by atoms with Gasteiger partial charge in [0.05, 0.1) is 11.1 Å². The van der Waals surface area contributed by atoms with Crippen molar-refractivity contribution in [1.29, 1.82) is 0 Å². The molecule has 10 heteroatoms. The summed E-state index contributed by atoms with van der Waals surface area (Å²) in [4.78, 5) is 52.2. The van der Waals surface area contributed by atoms with E-state index in [1.807, 2.05) is 44.2 Å². The molecule has 10 nitrogen and oxygen atoms in total. The Hall–Kier alpha value is -4.34. The van der Waals surface area contributed by atoms with Crippen LogP contribution in [0.25, 0.3) is 0 Å². The molecule has 0 fully saturated rings. The van der Waals surface area contributed by atoms with Crippen molar-refractivity contribution in [2.45, 2.75) is 32.9 Å². The third-order valence-corrected chi connectivity index (χ3v) is 5.18. The minimum atomic E-state index is -1.08. The average Bonchev–Trinajstić information content (AvgIpc) is 3.06. The van der Waals surface area contributed by atoms with E-state index in [4.69, 9.17) is 10.5 Å². The summed E-state index contributed by atoms with van der Waals surface area (Å²) >= 11 is 0. The number of ether oxygens (including phenoxy) is 1. The van der Waals surface area contributed by atoms with Crippen LogP contribution in [0.2, 0.25) is 0 Å². The highest BCUT2D eigenvalue weighted by atomic mass is 16.5. The van der Waals surface area contributed by atoms with E-state index in [1.165, 1.54) is 0 Å². The van der Waals surface area contributed by atoms with Crippen molar-refractivity contribution in [2.24, 2.45) is 5.92 Å². The van der Waals surface area contributed by atoms with Gasteiger partial charge < -0.3 is 15.8 Å². The zero-order valence-corrected chi connectivity index (χ0v) is 18.8. The number of carbonyl (C=O) groups excluding carboxylic acids is 3. The maximum atomic E-state index is 13.1. The largest absolute Gasteiger partial charge is 0.456 e. The molecule has 1 aliphatic heterocycles. The van der Waals surface area contributed by atoms with Gasteiger partial charge in [-0.1, -0.05) is 44.2 Å². The zero-order valence-electron chi connectivity index (χ0n) is 18.8. The van der Waals surface area contributed by atoms with Crippen LogP contribution in [0.5, 0.6) is 0 Å². The van der Waals surface area contributed by atoms with E-state index in [-0.39, 0.29) is 47.8 Å². The Morgan fingerprint density at radius 1 is 0.971 bits per heavy atom. The van der Waals surface area contributed by atoms with Crippen molar-refractivity contribution < 1.29 is 19.1 Å². The van der Waals surface area contributed by atoms with E-state index in [9.17, 15) is 14.4 Å². The van der Waals surface area contributed by atoms with Crippen molar-refractivity contribution in [3.05, 3.63) is 71.5 Å². The van der Waals surface area contributed by atoms with Crippen LogP contribution in [0.1, 0.15) is 46.8 Å². The van der Waals surface area contributed by atoms with Gasteiger partial charge in [-0.15, -0.1) is 0 Å². The number of nitrogens with two attached hydrogens (primary N) is 1. The zero-order chi connectivity index (χ0) is 24.2. The number of hydrogen-bond donors (Lipinski definition) is 2. The first-order valence-electron chi connectivity index (χ1n) is 10.8. The highest BCUT2D eigenvalue weighted by molar-refractivity contribution is 6.22. The van der Waals surface area contributed by atoms with Gasteiger partial charge in [-0.05, 0) is 36.6 Å². The fourth-order valence-corrected chi connectivity index (χ4v) is 3.69. The SMILES string of the molecule is CC(C)CC(C(=O)OCc1nc(N)nc(Nc2ccccc2)n1)N1C(=O)c2ccccc2C1=O. The summed E-state index contributed by atoms with van der Waals surface area (Å²) in [6.45, 7) is 3.49. The number of hydrogen-bond acceptors (Lipinski definition) is 9. The summed E-state index contributed by atoms with van der Waals surface area (Å²) in [5.74, 6) is -1.44. The monoisotopic (exact) mass is 460 g/mol. The maximum Gasteiger partial charge on any atom is 0.329 e. The van der Waals surface area contributed by atoms with Gasteiger partial charge in [0.1, 0.15) is 6.04 Å². The Kier molecular flexibility index (Phi) is 6.48. The molecular formula is C24H24N6O4. The van der Waals surface area contributed by atoms with E-state index in [0.717, 1.165) is 10.6 Å². The van der Waals surface area contributed by atoms with Crippen LogP contribution in [0.3, 0.4) is 0 Å². The normalized spacial score (nSPS) is 13.7. The number of para-hydroxylation sites is 1. The highest BCUT2D eigenvalue weighted by Crippen LogP contribution is 2.27. The topological polar surface area (TPSA) is 140 Å². The Morgan fingerprint density at radius 3 is 2.21 bits per heavy atom. The predicted molar refractivity (Wildman–Crippen MR) is 124 cm³/mol. The first kappa shape index (κ1) is 22.8. The number of anilines is 3. The van der Waals surface area contributed by atoms with Crippen molar-refractivity contribution in [2.75, 3.05) is 11.1 Å². The molecule has 0 spiro atoms. The fourth-order valence-electron chi connectivity index (χ4n) is 3.69. The van der Waals surface area contributed by atoms with Gasteiger partial charge in [-0.3, -0.25) is 14.5 Å². The number of amides is 2. The highest BCUT2D eigenvalue weighted by Gasteiger charge is 2.43. The molecule has 0 radical (unpaired) electrons. The number of aromatic nitrogens is 3. The minimum absolute atomic E-state index is 0.0244. The molecule has 0 saturated carbocycles. The predicted octanol–water partition coefficient (Wildman–Crippen LogP) is 2.95. The smallest absolute Gasteiger partial charge is 0.329 e. The van der Waals surface area contributed by atoms with E-state index < -0.39 is 23.8 Å². The van der Waals surface area contributed by atoms with Crippen LogP contribution >= 0.6 is 0 Å². The number of nitrogens with one attached hydrogen (secondary N) is 1. The van der Waals surface area contributed by atoms with Crippen LogP contribution in [0.4, 0.5) is 17.6 Å². The standard InChI is InChI=1S/C24H24N6O4/c1-14(2)12-18(30-20(31)16-10-6-7-11-17(16)21(30)32)22(33)34-13-19-27-23(25)29-24(28-19)26-15-8-4-3-5-9-15/h3-11,14,18H,12-13H2,1-2H3,(H3,25,26,27,28,29). The molecule has 3 N–H and O–H groups in total. The van der Waals surface area contributed by atoms with Gasteiger partial charge in [-0.2, -0.15) is 15.0 Å². The molecule has 2 aromatic carbocycles.